The van der Waals surface area contributed by atoms with Crippen molar-refractivity contribution in [1.82, 2.24) is 0 Å². The number of anilines is 2. The summed E-state index contributed by atoms with van der Waals surface area (Å²) in [5.41, 5.74) is 2.87. The Hall–Kier alpha value is -1.06. The summed E-state index contributed by atoms with van der Waals surface area (Å²) >= 11 is 9.41. The number of nitrogens with zero attached hydrogens (tertiary/aromatic N) is 1. The molecule has 0 bridgehead atoms. The van der Waals surface area contributed by atoms with Gasteiger partial charge in [-0.25, -0.2) is 4.39 Å². The minimum Gasteiger partial charge on any atom is -0.344 e. The summed E-state index contributed by atoms with van der Waals surface area (Å²) in [6, 6.07) is 12.2. The Kier molecular flexibility index (Phi) is 4.25. The van der Waals surface area contributed by atoms with Crippen LogP contribution in [0.5, 0.6) is 0 Å². The van der Waals surface area contributed by atoms with Crippen molar-refractivity contribution in [2.45, 2.75) is 5.33 Å². The van der Waals surface area contributed by atoms with E-state index in [0.717, 1.165) is 16.9 Å². The summed E-state index contributed by atoms with van der Waals surface area (Å²) in [4.78, 5) is 1.94. The first-order valence-electron chi connectivity index (χ1n) is 5.45. The molecule has 0 spiro atoms. The van der Waals surface area contributed by atoms with Crippen LogP contribution in [0.15, 0.2) is 42.5 Å². The van der Waals surface area contributed by atoms with Gasteiger partial charge in [-0.3, -0.25) is 0 Å². The Bertz CT molecular complexity index is 559. The highest BCUT2D eigenvalue weighted by Gasteiger charge is 2.09. The van der Waals surface area contributed by atoms with Crippen LogP contribution in [0.25, 0.3) is 0 Å². The van der Waals surface area contributed by atoms with Crippen LogP contribution in [-0.4, -0.2) is 7.05 Å². The molecule has 0 aliphatic rings. The Morgan fingerprint density at radius 1 is 1.22 bits per heavy atom. The van der Waals surface area contributed by atoms with Crippen LogP contribution in [0.1, 0.15) is 5.56 Å². The van der Waals surface area contributed by atoms with Gasteiger partial charge in [0.2, 0.25) is 0 Å². The van der Waals surface area contributed by atoms with Gasteiger partial charge in [-0.15, -0.1) is 0 Å². The second kappa shape index (κ2) is 5.72. The van der Waals surface area contributed by atoms with Crippen LogP contribution in [-0.2, 0) is 5.33 Å². The van der Waals surface area contributed by atoms with E-state index in [1.807, 2.05) is 36.2 Å². The maximum atomic E-state index is 13.2. The summed E-state index contributed by atoms with van der Waals surface area (Å²) in [6.45, 7) is 0. The van der Waals surface area contributed by atoms with Crippen LogP contribution >= 0.6 is 27.5 Å². The van der Waals surface area contributed by atoms with Gasteiger partial charge in [-0.2, -0.15) is 0 Å². The molecule has 1 nitrogen and oxygen atoms in total. The third-order valence-corrected chi connectivity index (χ3v) is 3.58. The zero-order chi connectivity index (χ0) is 13.1. The maximum absolute atomic E-state index is 13.2. The van der Waals surface area contributed by atoms with E-state index in [-0.39, 0.29) is 5.82 Å². The molecule has 0 saturated carbocycles. The lowest BCUT2D eigenvalue weighted by molar-refractivity contribution is 0.628. The molecule has 0 unspecified atom stereocenters. The maximum Gasteiger partial charge on any atom is 0.125 e. The Labute approximate surface area is 119 Å². The molecule has 94 valence electrons. The van der Waals surface area contributed by atoms with Crippen molar-refractivity contribution in [2.75, 3.05) is 11.9 Å². The molecule has 0 atom stereocenters. The second-order valence-electron chi connectivity index (χ2n) is 3.95. The Morgan fingerprint density at radius 2 is 2.00 bits per heavy atom. The lowest BCUT2D eigenvalue weighted by Crippen LogP contribution is -2.11. The second-order valence-corrected chi connectivity index (χ2v) is 4.94. The predicted molar refractivity (Wildman–Crippen MR) is 78.5 cm³/mol. The van der Waals surface area contributed by atoms with Crippen molar-refractivity contribution in [3.8, 4) is 0 Å². The van der Waals surface area contributed by atoms with Crippen LogP contribution < -0.4 is 4.90 Å². The SMILES string of the molecule is CN(c1cccc(F)c1)c1ccc(Cl)cc1CBr. The van der Waals surface area contributed by atoms with Gasteiger partial charge in [0.15, 0.2) is 0 Å². The highest BCUT2D eigenvalue weighted by atomic mass is 79.9. The zero-order valence-electron chi connectivity index (χ0n) is 9.83. The van der Waals surface area contributed by atoms with Gasteiger partial charge in [-0.1, -0.05) is 33.6 Å². The summed E-state index contributed by atoms with van der Waals surface area (Å²) in [7, 11) is 1.91. The molecule has 2 aromatic carbocycles. The molecule has 0 heterocycles. The fourth-order valence-electron chi connectivity index (χ4n) is 1.81. The van der Waals surface area contributed by atoms with E-state index in [2.05, 4.69) is 15.9 Å². The first-order chi connectivity index (χ1) is 8.61. The minimum atomic E-state index is -0.242. The highest BCUT2D eigenvalue weighted by molar-refractivity contribution is 9.08. The fourth-order valence-corrected chi connectivity index (χ4v) is 2.46. The van der Waals surface area contributed by atoms with Crippen LogP contribution in [0.3, 0.4) is 0 Å². The molecule has 0 radical (unpaired) electrons. The first-order valence-corrected chi connectivity index (χ1v) is 6.95. The topological polar surface area (TPSA) is 3.24 Å². The van der Waals surface area contributed by atoms with E-state index in [4.69, 9.17) is 11.6 Å². The van der Waals surface area contributed by atoms with E-state index >= 15 is 0 Å². The quantitative estimate of drug-likeness (QED) is 0.705. The number of alkyl halides is 1. The molecular formula is C14H12BrClFN. The third kappa shape index (κ3) is 2.85. The summed E-state index contributed by atoms with van der Waals surface area (Å²) in [6.07, 6.45) is 0. The van der Waals surface area contributed by atoms with Crippen molar-refractivity contribution in [2.24, 2.45) is 0 Å². The van der Waals surface area contributed by atoms with Crippen molar-refractivity contribution in [3.63, 3.8) is 0 Å². The van der Waals surface area contributed by atoms with Crippen LogP contribution in [0.2, 0.25) is 5.02 Å². The molecule has 0 aromatic heterocycles. The minimum absolute atomic E-state index is 0.242. The van der Waals surface area contributed by atoms with Gasteiger partial charge in [-0.05, 0) is 42.0 Å². The van der Waals surface area contributed by atoms with Crippen LogP contribution in [0, 0.1) is 5.82 Å². The monoisotopic (exact) mass is 327 g/mol. The number of halogens is 3. The van der Waals surface area contributed by atoms with E-state index in [9.17, 15) is 4.39 Å². The average Bonchev–Trinajstić information content (AvgIpc) is 2.37. The van der Waals surface area contributed by atoms with Gasteiger partial charge < -0.3 is 4.90 Å². The number of benzene rings is 2. The lowest BCUT2D eigenvalue weighted by atomic mass is 10.1. The van der Waals surface area contributed by atoms with Crippen LogP contribution in [0.4, 0.5) is 15.8 Å². The third-order valence-electron chi connectivity index (χ3n) is 2.74. The van der Waals surface area contributed by atoms with Gasteiger partial charge >= 0.3 is 0 Å². The summed E-state index contributed by atoms with van der Waals surface area (Å²) in [5.74, 6) is -0.242. The van der Waals surface area contributed by atoms with Crippen molar-refractivity contribution in [3.05, 3.63) is 58.9 Å². The van der Waals surface area contributed by atoms with Crippen molar-refractivity contribution in [1.29, 1.82) is 0 Å². The summed E-state index contributed by atoms with van der Waals surface area (Å²) in [5, 5.41) is 1.39. The molecule has 0 aliphatic heterocycles. The molecule has 0 saturated heterocycles. The van der Waals surface area contributed by atoms with Crippen molar-refractivity contribution >= 4 is 38.9 Å². The molecule has 2 aromatic rings. The molecule has 2 rings (SSSR count). The van der Waals surface area contributed by atoms with Gasteiger partial charge in [0.1, 0.15) is 5.82 Å². The number of hydrogen-bond acceptors (Lipinski definition) is 1. The molecule has 4 heteroatoms. The lowest BCUT2D eigenvalue weighted by Gasteiger charge is -2.22. The standard InChI is InChI=1S/C14H12BrClFN/c1-18(13-4-2-3-12(17)8-13)14-6-5-11(16)7-10(14)9-15/h2-8H,9H2,1H3. The van der Waals surface area contributed by atoms with E-state index < -0.39 is 0 Å². The normalized spacial score (nSPS) is 10.4. The van der Waals surface area contributed by atoms with E-state index in [1.54, 1.807) is 6.07 Å². The molecular weight excluding hydrogens is 317 g/mol. The number of rotatable bonds is 3. The van der Waals surface area contributed by atoms with Gasteiger partial charge in [0, 0.05) is 28.8 Å². The largest absolute Gasteiger partial charge is 0.344 e. The van der Waals surface area contributed by atoms with Gasteiger partial charge in [0.05, 0.1) is 0 Å². The number of hydrogen-bond donors (Lipinski definition) is 0. The van der Waals surface area contributed by atoms with E-state index in [0.29, 0.717) is 10.4 Å². The smallest absolute Gasteiger partial charge is 0.125 e. The Balaban J connectivity index is 2.42. The fraction of sp³-hybridized carbons (Fsp3) is 0.143. The van der Waals surface area contributed by atoms with Gasteiger partial charge in [0.25, 0.3) is 0 Å². The highest BCUT2D eigenvalue weighted by Crippen LogP contribution is 2.30. The van der Waals surface area contributed by atoms with E-state index in [1.165, 1.54) is 12.1 Å². The van der Waals surface area contributed by atoms with Crippen molar-refractivity contribution < 1.29 is 4.39 Å². The molecule has 0 aliphatic carbocycles. The molecule has 0 amide bonds. The molecule has 0 N–H and O–H groups in total. The predicted octanol–water partition coefficient (Wildman–Crippen LogP) is 5.14. The summed E-state index contributed by atoms with van der Waals surface area (Å²) < 4.78 is 13.2. The Morgan fingerprint density at radius 3 is 2.67 bits per heavy atom. The first kappa shape index (κ1) is 13.4. The molecule has 0 fully saturated rings. The molecule has 18 heavy (non-hydrogen) atoms. The average molecular weight is 329 g/mol. The zero-order valence-corrected chi connectivity index (χ0v) is 12.2.